The van der Waals surface area contributed by atoms with Crippen LogP contribution in [0.2, 0.25) is 0 Å². The average molecular weight is 341 g/mol. The molecule has 0 bridgehead atoms. The number of pyridine rings is 1. The van der Waals surface area contributed by atoms with Gasteiger partial charge >= 0.3 is 0 Å². The number of carbonyl (C=O) groups is 1. The Morgan fingerprint density at radius 2 is 2.08 bits per heavy atom. The molecule has 3 heterocycles. The molecule has 0 aliphatic carbocycles. The molecule has 134 valence electrons. The summed E-state index contributed by atoms with van der Waals surface area (Å²) >= 11 is 0. The van der Waals surface area contributed by atoms with E-state index in [1.165, 1.54) is 0 Å². The van der Waals surface area contributed by atoms with E-state index < -0.39 is 0 Å². The van der Waals surface area contributed by atoms with Crippen molar-refractivity contribution in [3.8, 4) is 5.82 Å². The fourth-order valence-corrected chi connectivity index (χ4v) is 3.43. The Bertz CT molecular complexity index is 689. The van der Waals surface area contributed by atoms with Crippen LogP contribution in [-0.4, -0.2) is 51.8 Å². The topological polar surface area (TPSA) is 63.1 Å². The quantitative estimate of drug-likeness (QED) is 0.876. The minimum Gasteiger partial charge on any atom is -0.339 e. The van der Waals surface area contributed by atoms with Gasteiger partial charge in [-0.05, 0) is 50.4 Å². The third-order valence-corrected chi connectivity index (χ3v) is 4.89. The molecule has 1 saturated heterocycles. The van der Waals surface area contributed by atoms with Crippen LogP contribution in [0.1, 0.15) is 42.7 Å². The zero-order chi connectivity index (χ0) is 17.6. The second kappa shape index (κ2) is 8.25. The number of nitrogens with zero attached hydrogens (tertiary/aromatic N) is 4. The number of amides is 1. The van der Waals surface area contributed by atoms with Gasteiger partial charge in [0.1, 0.15) is 0 Å². The van der Waals surface area contributed by atoms with Gasteiger partial charge in [-0.1, -0.05) is 19.9 Å². The Kier molecular flexibility index (Phi) is 5.81. The maximum atomic E-state index is 13.0. The first kappa shape index (κ1) is 17.6. The Morgan fingerprint density at radius 3 is 2.72 bits per heavy atom. The lowest BCUT2D eigenvalue weighted by Crippen LogP contribution is -2.41. The smallest absolute Gasteiger partial charge is 0.257 e. The maximum absolute atomic E-state index is 13.0. The van der Waals surface area contributed by atoms with Crippen molar-refractivity contribution < 1.29 is 4.79 Å². The van der Waals surface area contributed by atoms with Crippen LogP contribution in [0.3, 0.4) is 0 Å². The molecule has 1 aliphatic rings. The monoisotopic (exact) mass is 341 g/mol. The lowest BCUT2D eigenvalue weighted by Gasteiger charge is -2.32. The second-order valence-corrected chi connectivity index (χ2v) is 6.50. The highest BCUT2D eigenvalue weighted by Gasteiger charge is 2.26. The standard InChI is InChI=1S/C19H27N5O/c1-3-17-16(14-22-24(17)18-7-5-6-10-21-18)19(25)23-11-8-15(9-12-23)13-20-4-2/h5-7,10,14-15,20H,3-4,8-9,11-13H2,1-2H3. The molecule has 0 saturated carbocycles. The largest absolute Gasteiger partial charge is 0.339 e. The molecule has 2 aromatic rings. The number of piperidine rings is 1. The SMILES string of the molecule is CCNCC1CCN(C(=O)c2cnn(-c3ccccn3)c2CC)CC1. The van der Waals surface area contributed by atoms with E-state index in [2.05, 4.69) is 29.2 Å². The molecule has 1 fully saturated rings. The molecule has 0 unspecified atom stereocenters. The zero-order valence-corrected chi connectivity index (χ0v) is 15.1. The summed E-state index contributed by atoms with van der Waals surface area (Å²) in [5.74, 6) is 1.52. The summed E-state index contributed by atoms with van der Waals surface area (Å²) in [6.07, 6.45) is 6.31. The molecule has 1 amide bonds. The molecule has 0 radical (unpaired) electrons. The minimum atomic E-state index is 0.0981. The number of rotatable bonds is 6. The van der Waals surface area contributed by atoms with Crippen LogP contribution in [0.5, 0.6) is 0 Å². The molecule has 3 rings (SSSR count). The van der Waals surface area contributed by atoms with Crippen molar-refractivity contribution in [1.29, 1.82) is 0 Å². The van der Waals surface area contributed by atoms with Gasteiger partial charge < -0.3 is 10.2 Å². The van der Waals surface area contributed by atoms with Crippen LogP contribution in [0.4, 0.5) is 0 Å². The number of hydrogen-bond donors (Lipinski definition) is 1. The van der Waals surface area contributed by atoms with E-state index in [0.29, 0.717) is 11.5 Å². The summed E-state index contributed by atoms with van der Waals surface area (Å²) in [5.41, 5.74) is 1.64. The van der Waals surface area contributed by atoms with Crippen molar-refractivity contribution in [2.45, 2.75) is 33.1 Å². The fraction of sp³-hybridized carbons (Fsp3) is 0.526. The summed E-state index contributed by atoms with van der Waals surface area (Å²) in [6, 6.07) is 5.72. The van der Waals surface area contributed by atoms with Gasteiger partial charge in [-0.15, -0.1) is 0 Å². The van der Waals surface area contributed by atoms with Crippen molar-refractivity contribution in [1.82, 2.24) is 25.0 Å². The maximum Gasteiger partial charge on any atom is 0.257 e. The number of carbonyl (C=O) groups excluding carboxylic acids is 1. The van der Waals surface area contributed by atoms with Crippen LogP contribution >= 0.6 is 0 Å². The molecule has 6 heteroatoms. The molecule has 1 N–H and O–H groups in total. The third kappa shape index (κ3) is 3.90. The van der Waals surface area contributed by atoms with Gasteiger partial charge in [0, 0.05) is 19.3 Å². The highest BCUT2D eigenvalue weighted by molar-refractivity contribution is 5.95. The van der Waals surface area contributed by atoms with E-state index in [4.69, 9.17) is 0 Å². The number of likely N-dealkylation sites (tertiary alicyclic amines) is 1. The van der Waals surface area contributed by atoms with E-state index in [1.54, 1.807) is 17.1 Å². The number of aromatic nitrogens is 3. The first-order chi connectivity index (χ1) is 12.2. The highest BCUT2D eigenvalue weighted by Crippen LogP contribution is 2.21. The summed E-state index contributed by atoms with van der Waals surface area (Å²) in [5, 5.41) is 7.84. The normalized spacial score (nSPS) is 15.5. The van der Waals surface area contributed by atoms with Gasteiger partial charge in [0.05, 0.1) is 17.5 Å². The molecular formula is C19H27N5O. The van der Waals surface area contributed by atoms with Gasteiger partial charge in [-0.3, -0.25) is 4.79 Å². The Hall–Kier alpha value is -2.21. The van der Waals surface area contributed by atoms with Crippen molar-refractivity contribution in [3.05, 3.63) is 41.9 Å². The Morgan fingerprint density at radius 1 is 1.28 bits per heavy atom. The predicted octanol–water partition coefficient (Wildman–Crippen LogP) is 2.29. The van der Waals surface area contributed by atoms with Crippen LogP contribution in [-0.2, 0) is 6.42 Å². The Balaban J connectivity index is 1.72. The Labute approximate surface area is 149 Å². The van der Waals surface area contributed by atoms with Gasteiger partial charge in [0.25, 0.3) is 5.91 Å². The van der Waals surface area contributed by atoms with Crippen molar-refractivity contribution in [2.75, 3.05) is 26.2 Å². The zero-order valence-electron chi connectivity index (χ0n) is 15.1. The minimum absolute atomic E-state index is 0.0981. The number of nitrogens with one attached hydrogen (secondary N) is 1. The highest BCUT2D eigenvalue weighted by atomic mass is 16.2. The van der Waals surface area contributed by atoms with Gasteiger partial charge in [0.2, 0.25) is 0 Å². The van der Waals surface area contributed by atoms with Crippen molar-refractivity contribution >= 4 is 5.91 Å². The second-order valence-electron chi connectivity index (χ2n) is 6.50. The third-order valence-electron chi connectivity index (χ3n) is 4.89. The van der Waals surface area contributed by atoms with E-state index in [9.17, 15) is 4.79 Å². The molecule has 0 atom stereocenters. The van der Waals surface area contributed by atoms with Gasteiger partial charge in [-0.25, -0.2) is 9.67 Å². The molecule has 25 heavy (non-hydrogen) atoms. The molecule has 1 aliphatic heterocycles. The average Bonchev–Trinajstić information content (AvgIpc) is 3.11. The first-order valence-corrected chi connectivity index (χ1v) is 9.22. The predicted molar refractivity (Wildman–Crippen MR) is 97.9 cm³/mol. The fourth-order valence-electron chi connectivity index (χ4n) is 3.43. The molecule has 6 nitrogen and oxygen atoms in total. The lowest BCUT2D eigenvalue weighted by molar-refractivity contribution is 0.0689. The van der Waals surface area contributed by atoms with Crippen LogP contribution < -0.4 is 5.32 Å². The van der Waals surface area contributed by atoms with Crippen LogP contribution in [0.25, 0.3) is 5.82 Å². The lowest BCUT2D eigenvalue weighted by atomic mass is 9.96. The molecule has 0 spiro atoms. The van der Waals surface area contributed by atoms with E-state index in [-0.39, 0.29) is 5.91 Å². The van der Waals surface area contributed by atoms with Crippen LogP contribution in [0.15, 0.2) is 30.6 Å². The molecule has 0 aromatic carbocycles. The number of hydrogen-bond acceptors (Lipinski definition) is 4. The summed E-state index contributed by atoms with van der Waals surface area (Å²) in [4.78, 5) is 19.3. The van der Waals surface area contributed by atoms with Crippen molar-refractivity contribution in [2.24, 2.45) is 5.92 Å². The van der Waals surface area contributed by atoms with Gasteiger partial charge in [-0.2, -0.15) is 5.10 Å². The van der Waals surface area contributed by atoms with E-state index in [0.717, 1.165) is 57.0 Å². The van der Waals surface area contributed by atoms with Crippen LogP contribution in [0, 0.1) is 5.92 Å². The molecule has 2 aromatic heterocycles. The summed E-state index contributed by atoms with van der Waals surface area (Å²) < 4.78 is 1.78. The van der Waals surface area contributed by atoms with Gasteiger partial charge in [0.15, 0.2) is 5.82 Å². The van der Waals surface area contributed by atoms with E-state index >= 15 is 0 Å². The van der Waals surface area contributed by atoms with Crippen molar-refractivity contribution in [3.63, 3.8) is 0 Å². The first-order valence-electron chi connectivity index (χ1n) is 9.22. The summed E-state index contributed by atoms with van der Waals surface area (Å²) in [6.45, 7) is 7.89. The summed E-state index contributed by atoms with van der Waals surface area (Å²) in [7, 11) is 0. The molecular weight excluding hydrogens is 314 g/mol. The van der Waals surface area contributed by atoms with E-state index in [1.807, 2.05) is 23.1 Å².